The maximum Gasteiger partial charge on any atom is 0.342 e. The molecule has 2 aromatic heterocycles. The van der Waals surface area contributed by atoms with Crippen LogP contribution in [0.1, 0.15) is 41.6 Å². The molecule has 8 rings (SSSR count). The third-order valence-electron chi connectivity index (χ3n) is 8.49. The van der Waals surface area contributed by atoms with Gasteiger partial charge in [0.15, 0.2) is 0 Å². The number of nitrogens with zero attached hydrogens (tertiary/aromatic N) is 2. The minimum absolute atomic E-state index is 0.0890. The van der Waals surface area contributed by atoms with E-state index in [-0.39, 0.29) is 23.1 Å². The van der Waals surface area contributed by atoms with Crippen LogP contribution in [-0.4, -0.2) is 34.1 Å². The van der Waals surface area contributed by atoms with Crippen LogP contribution in [0.4, 0.5) is 10.1 Å². The van der Waals surface area contributed by atoms with Crippen LogP contribution in [0, 0.1) is 23.6 Å². The average molecular weight is 456 g/mol. The molecule has 7 nitrogen and oxygen atoms in total. The van der Waals surface area contributed by atoms with Crippen molar-refractivity contribution in [3.63, 3.8) is 0 Å². The highest BCUT2D eigenvalue weighted by molar-refractivity contribution is 7.16. The summed E-state index contributed by atoms with van der Waals surface area (Å²) in [5.74, 6) is 0.111. The largest absolute Gasteiger partial charge is 0.477 e. The van der Waals surface area contributed by atoms with Crippen molar-refractivity contribution in [2.45, 2.75) is 37.8 Å². The van der Waals surface area contributed by atoms with Crippen molar-refractivity contribution in [2.75, 3.05) is 18.0 Å². The van der Waals surface area contributed by atoms with Crippen molar-refractivity contribution in [1.82, 2.24) is 4.40 Å². The van der Waals surface area contributed by atoms with Gasteiger partial charge in [0.25, 0.3) is 0 Å². The lowest BCUT2D eigenvalue weighted by molar-refractivity contribution is 0.0318. The lowest BCUT2D eigenvalue weighted by Crippen LogP contribution is -2.58. The highest BCUT2D eigenvalue weighted by Crippen LogP contribution is 2.54. The van der Waals surface area contributed by atoms with Gasteiger partial charge in [-0.25, -0.2) is 9.18 Å². The van der Waals surface area contributed by atoms with Crippen LogP contribution in [0.3, 0.4) is 0 Å². The van der Waals surface area contributed by atoms with Crippen LogP contribution < -0.4 is 20.8 Å². The first kappa shape index (κ1) is 18.9. The number of carboxylic acid groups (broad SMARTS) is 1. The molecule has 1 saturated heterocycles. The number of anilines is 1. The lowest BCUT2D eigenvalue weighted by Gasteiger charge is -2.52. The number of hydrogen-bond acceptors (Lipinski definition) is 6. The Kier molecular flexibility index (Phi) is 3.55. The number of aromatic nitrogens is 1. The summed E-state index contributed by atoms with van der Waals surface area (Å²) in [6, 6.07) is 1.22. The van der Waals surface area contributed by atoms with E-state index in [0.717, 1.165) is 43.6 Å². The summed E-state index contributed by atoms with van der Waals surface area (Å²) in [6.07, 6.45) is 4.37. The molecule has 4 heterocycles. The molecule has 5 aliphatic rings. The van der Waals surface area contributed by atoms with Crippen LogP contribution >= 0.6 is 11.3 Å². The van der Waals surface area contributed by atoms with Gasteiger partial charge in [-0.3, -0.25) is 9.20 Å². The van der Waals surface area contributed by atoms with Gasteiger partial charge in [-0.05, 0) is 49.5 Å². The number of pyridine rings is 1. The molecule has 0 radical (unpaired) electrons. The second-order valence-electron chi connectivity index (χ2n) is 9.84. The number of carbonyl (C=O) groups is 1. The Morgan fingerprint density at radius 2 is 2.09 bits per heavy atom. The fourth-order valence-corrected chi connectivity index (χ4v) is 7.99. The summed E-state index contributed by atoms with van der Waals surface area (Å²) in [4.78, 5) is 27.3. The molecular formula is C23H22FN3O4S. The molecule has 4 fully saturated rings. The van der Waals surface area contributed by atoms with Gasteiger partial charge in [0.2, 0.25) is 11.3 Å². The highest BCUT2D eigenvalue weighted by atomic mass is 32.1. The van der Waals surface area contributed by atoms with Crippen molar-refractivity contribution < 1.29 is 19.0 Å². The van der Waals surface area contributed by atoms with E-state index in [0.29, 0.717) is 51.8 Å². The number of aromatic carboxylic acids is 1. The molecular weight excluding hydrogens is 433 g/mol. The van der Waals surface area contributed by atoms with Crippen LogP contribution in [0.2, 0.25) is 0 Å². The van der Waals surface area contributed by atoms with E-state index in [1.165, 1.54) is 6.07 Å². The second kappa shape index (κ2) is 6.02. The molecule has 0 amide bonds. The zero-order chi connectivity index (χ0) is 21.9. The van der Waals surface area contributed by atoms with E-state index >= 15 is 4.39 Å². The number of thiazole rings is 1. The SMILES string of the molecule is NC12CCC(CC1)C1CN(c3c(F)cc4c(=O)c(C(=O)O)c5scc6n5c4c3CO6)CC12. The van der Waals surface area contributed by atoms with E-state index in [4.69, 9.17) is 10.5 Å². The Morgan fingerprint density at radius 1 is 1.31 bits per heavy atom. The van der Waals surface area contributed by atoms with Gasteiger partial charge in [0.05, 0.1) is 22.0 Å². The third-order valence-corrected chi connectivity index (χ3v) is 9.42. The molecule has 2 bridgehead atoms. The fourth-order valence-electron chi connectivity index (χ4n) is 7.02. The zero-order valence-electron chi connectivity index (χ0n) is 17.3. The minimum atomic E-state index is -1.32. The van der Waals surface area contributed by atoms with E-state index in [1.54, 1.807) is 9.78 Å². The molecule has 2 aliphatic heterocycles. The van der Waals surface area contributed by atoms with Gasteiger partial charge in [0.1, 0.15) is 22.8 Å². The Hall–Kier alpha value is -2.65. The van der Waals surface area contributed by atoms with Crippen molar-refractivity contribution >= 4 is 38.7 Å². The van der Waals surface area contributed by atoms with E-state index in [1.807, 2.05) is 0 Å². The van der Waals surface area contributed by atoms with Crippen molar-refractivity contribution in [1.29, 1.82) is 0 Å². The molecule has 32 heavy (non-hydrogen) atoms. The number of rotatable bonds is 2. The smallest absolute Gasteiger partial charge is 0.342 e. The maximum atomic E-state index is 15.6. The third kappa shape index (κ3) is 2.18. The van der Waals surface area contributed by atoms with Crippen LogP contribution in [0.25, 0.3) is 15.7 Å². The predicted octanol–water partition coefficient (Wildman–Crippen LogP) is 3.20. The first-order chi connectivity index (χ1) is 15.4. The molecule has 3 aliphatic carbocycles. The highest BCUT2D eigenvalue weighted by Gasteiger charge is 2.55. The normalized spacial score (nSPS) is 30.3. The van der Waals surface area contributed by atoms with Gasteiger partial charge < -0.3 is 20.5 Å². The zero-order valence-corrected chi connectivity index (χ0v) is 18.1. The second-order valence-corrected chi connectivity index (χ2v) is 10.7. The summed E-state index contributed by atoms with van der Waals surface area (Å²) in [5.41, 5.74) is 7.31. The molecule has 166 valence electrons. The molecule has 2 unspecified atom stereocenters. The molecule has 9 heteroatoms. The number of benzene rings is 1. The molecule has 1 aromatic carbocycles. The molecule has 3 saturated carbocycles. The Labute approximate surface area is 186 Å². The van der Waals surface area contributed by atoms with Gasteiger partial charge >= 0.3 is 5.97 Å². The van der Waals surface area contributed by atoms with Crippen molar-refractivity contribution in [3.8, 4) is 5.88 Å². The average Bonchev–Trinajstić information content (AvgIpc) is 3.39. The summed E-state index contributed by atoms with van der Waals surface area (Å²) in [7, 11) is 0. The van der Waals surface area contributed by atoms with E-state index < -0.39 is 17.2 Å². The fraction of sp³-hybridized carbons (Fsp3) is 0.478. The van der Waals surface area contributed by atoms with E-state index in [2.05, 4.69) is 4.90 Å². The van der Waals surface area contributed by atoms with Crippen molar-refractivity contribution in [3.05, 3.63) is 38.6 Å². The standard InChI is InChI=1S/C23H22FN3O4S/c24-15-5-11-18-13(8-31-16-9-32-21(27(16)18)17(20(11)28)22(29)30)19(15)26-6-12-10-1-3-23(25,4-2-10)14(12)7-26/h5,9-10,12,14H,1-4,6-8,25H2,(H,29,30). The summed E-state index contributed by atoms with van der Waals surface area (Å²) >= 11 is 1.16. The first-order valence-corrected chi connectivity index (χ1v) is 12.0. The molecule has 3 N–H and O–H groups in total. The molecule has 3 aromatic rings. The monoisotopic (exact) mass is 455 g/mol. The first-order valence-electron chi connectivity index (χ1n) is 11.1. The molecule has 2 atom stereocenters. The Balaban J connectivity index is 1.47. The predicted molar refractivity (Wildman–Crippen MR) is 118 cm³/mol. The number of carboxylic acids is 1. The van der Waals surface area contributed by atoms with E-state index in [9.17, 15) is 14.7 Å². The van der Waals surface area contributed by atoms with Crippen molar-refractivity contribution in [2.24, 2.45) is 23.5 Å². The molecule has 0 spiro atoms. The maximum absolute atomic E-state index is 15.6. The number of halogens is 1. The topological polar surface area (TPSA) is 97.3 Å². The van der Waals surface area contributed by atoms with Gasteiger partial charge in [0, 0.05) is 24.2 Å². The number of fused-ring (bicyclic) bond motifs is 2. The number of hydrogen-bond donors (Lipinski definition) is 2. The van der Waals surface area contributed by atoms with Crippen LogP contribution in [0.15, 0.2) is 16.2 Å². The Bertz CT molecular complexity index is 1400. The minimum Gasteiger partial charge on any atom is -0.477 e. The van der Waals surface area contributed by atoms with Gasteiger partial charge in [-0.15, -0.1) is 11.3 Å². The number of ether oxygens (including phenoxy) is 1. The van der Waals surface area contributed by atoms with Crippen LogP contribution in [-0.2, 0) is 6.61 Å². The lowest BCUT2D eigenvalue weighted by atomic mass is 9.56. The Morgan fingerprint density at radius 3 is 2.81 bits per heavy atom. The number of nitrogens with two attached hydrogens (primary N) is 1. The summed E-state index contributed by atoms with van der Waals surface area (Å²) in [5, 5.41) is 11.4. The summed E-state index contributed by atoms with van der Waals surface area (Å²) in [6.45, 7) is 1.60. The van der Waals surface area contributed by atoms with Gasteiger partial charge in [-0.1, -0.05) is 0 Å². The quantitative estimate of drug-likeness (QED) is 0.616. The van der Waals surface area contributed by atoms with Gasteiger partial charge in [-0.2, -0.15) is 0 Å². The summed E-state index contributed by atoms with van der Waals surface area (Å²) < 4.78 is 23.2. The van der Waals surface area contributed by atoms with Crippen LogP contribution in [0.5, 0.6) is 5.88 Å².